The summed E-state index contributed by atoms with van der Waals surface area (Å²) in [5, 5.41) is 12.9. The average Bonchev–Trinajstić information content (AvgIpc) is 2.90. The number of benzene rings is 1. The van der Waals surface area contributed by atoms with Gasteiger partial charge in [-0.25, -0.2) is 4.98 Å². The molecule has 0 aliphatic carbocycles. The molecule has 1 heterocycles. The molecule has 102 valence electrons. The summed E-state index contributed by atoms with van der Waals surface area (Å²) in [5.41, 5.74) is 1.21. The molecule has 2 N–H and O–H groups in total. The van der Waals surface area contributed by atoms with E-state index in [-0.39, 0.29) is 0 Å². The Kier molecular flexibility index (Phi) is 4.58. The molecule has 0 bridgehead atoms. The molecule has 2 atom stereocenters. The van der Waals surface area contributed by atoms with Crippen molar-refractivity contribution >= 4 is 0 Å². The van der Waals surface area contributed by atoms with Gasteiger partial charge in [-0.05, 0) is 31.0 Å². The molecule has 0 spiro atoms. The maximum Gasteiger partial charge on any atom is 0.115 e. The van der Waals surface area contributed by atoms with Crippen molar-refractivity contribution < 1.29 is 5.11 Å². The molecule has 0 saturated heterocycles. The van der Waals surface area contributed by atoms with Gasteiger partial charge in [0, 0.05) is 31.0 Å². The fourth-order valence-electron chi connectivity index (χ4n) is 2.26. The third-order valence-corrected chi connectivity index (χ3v) is 3.23. The lowest BCUT2D eigenvalue weighted by Gasteiger charge is -2.23. The van der Waals surface area contributed by atoms with Crippen molar-refractivity contribution in [2.75, 3.05) is 0 Å². The zero-order chi connectivity index (χ0) is 13.7. The number of nitrogens with zero attached hydrogens (tertiary/aromatic N) is 2. The van der Waals surface area contributed by atoms with E-state index < -0.39 is 0 Å². The van der Waals surface area contributed by atoms with E-state index in [1.54, 1.807) is 18.3 Å². The lowest BCUT2D eigenvalue weighted by molar-refractivity contribution is 0.406. The molecule has 2 unspecified atom stereocenters. The Balaban J connectivity index is 1.96. The highest BCUT2D eigenvalue weighted by molar-refractivity contribution is 5.28. The smallest absolute Gasteiger partial charge is 0.115 e. The summed E-state index contributed by atoms with van der Waals surface area (Å²) in [6.07, 6.45) is 6.61. The zero-order valence-electron chi connectivity index (χ0n) is 11.5. The van der Waals surface area contributed by atoms with Crippen LogP contribution in [0.5, 0.6) is 5.75 Å². The van der Waals surface area contributed by atoms with Crippen molar-refractivity contribution in [1.29, 1.82) is 0 Å². The Bertz CT molecular complexity index is 479. The summed E-state index contributed by atoms with van der Waals surface area (Å²) < 4.78 is 2.07. The van der Waals surface area contributed by atoms with Gasteiger partial charge in [0.1, 0.15) is 5.75 Å². The number of aromatic nitrogens is 2. The fraction of sp³-hybridized carbons (Fsp3) is 0.400. The highest BCUT2D eigenvalue weighted by Crippen LogP contribution is 2.20. The van der Waals surface area contributed by atoms with E-state index in [2.05, 4.69) is 28.7 Å². The molecule has 2 rings (SSSR count). The quantitative estimate of drug-likeness (QED) is 0.838. The van der Waals surface area contributed by atoms with Gasteiger partial charge in [-0.2, -0.15) is 0 Å². The predicted octanol–water partition coefficient (Wildman–Crippen LogP) is 2.72. The van der Waals surface area contributed by atoms with Crippen LogP contribution in [0.3, 0.4) is 0 Å². The van der Waals surface area contributed by atoms with Crippen molar-refractivity contribution in [1.82, 2.24) is 14.9 Å². The van der Waals surface area contributed by atoms with Gasteiger partial charge >= 0.3 is 0 Å². The second-order valence-electron chi connectivity index (χ2n) is 4.88. The Morgan fingerprint density at radius 2 is 2.05 bits per heavy atom. The largest absolute Gasteiger partial charge is 0.508 e. The molecule has 4 nitrogen and oxygen atoms in total. The zero-order valence-corrected chi connectivity index (χ0v) is 11.5. The molecule has 0 radical (unpaired) electrons. The molecule has 1 aromatic heterocycles. The van der Waals surface area contributed by atoms with E-state index in [1.807, 2.05) is 24.7 Å². The first-order chi connectivity index (χ1) is 9.19. The highest BCUT2D eigenvalue weighted by atomic mass is 16.3. The topological polar surface area (TPSA) is 50.1 Å². The number of nitrogens with one attached hydrogen (secondary N) is 1. The first kappa shape index (κ1) is 13.6. The number of imidazole rings is 1. The van der Waals surface area contributed by atoms with Crippen LogP contribution in [0.15, 0.2) is 43.0 Å². The van der Waals surface area contributed by atoms with Gasteiger partial charge < -0.3 is 15.0 Å². The maximum absolute atomic E-state index is 9.33. The van der Waals surface area contributed by atoms with Gasteiger partial charge in [0.2, 0.25) is 0 Å². The summed E-state index contributed by atoms with van der Waals surface area (Å²) in [4.78, 5) is 4.05. The minimum atomic E-state index is 0.305. The summed E-state index contributed by atoms with van der Waals surface area (Å²) in [7, 11) is 0. The van der Waals surface area contributed by atoms with Crippen LogP contribution in [-0.2, 0) is 6.54 Å². The molecule has 19 heavy (non-hydrogen) atoms. The van der Waals surface area contributed by atoms with Crippen molar-refractivity contribution in [3.05, 3.63) is 48.5 Å². The summed E-state index contributed by atoms with van der Waals surface area (Å²) in [5.74, 6) is 0.310. The average molecular weight is 259 g/mol. The van der Waals surface area contributed by atoms with E-state index in [4.69, 9.17) is 0 Å². The molecule has 4 heteroatoms. The highest BCUT2D eigenvalue weighted by Gasteiger charge is 2.12. The third-order valence-electron chi connectivity index (χ3n) is 3.23. The third kappa shape index (κ3) is 3.83. The monoisotopic (exact) mass is 259 g/mol. The first-order valence-corrected chi connectivity index (χ1v) is 6.69. The normalized spacial score (nSPS) is 14.2. The molecule has 0 fully saturated rings. The number of hydrogen-bond acceptors (Lipinski definition) is 3. The van der Waals surface area contributed by atoms with Gasteiger partial charge in [-0.3, -0.25) is 0 Å². The van der Waals surface area contributed by atoms with Crippen molar-refractivity contribution in [2.45, 2.75) is 38.9 Å². The lowest BCUT2D eigenvalue weighted by Crippen LogP contribution is -2.33. The van der Waals surface area contributed by atoms with Crippen LogP contribution in [0.1, 0.15) is 31.9 Å². The lowest BCUT2D eigenvalue weighted by atomic mass is 10.0. The van der Waals surface area contributed by atoms with Crippen molar-refractivity contribution in [2.24, 2.45) is 0 Å². The standard InChI is InChI=1S/C15H21N3O/c1-3-15(13-4-6-14(19)7-5-13)17-12(2)10-18-9-8-16-11-18/h4-9,11-12,15,17,19H,3,10H2,1-2H3. The Labute approximate surface area is 114 Å². The summed E-state index contributed by atoms with van der Waals surface area (Å²) in [6, 6.07) is 8.08. The van der Waals surface area contributed by atoms with Crippen LogP contribution in [0.25, 0.3) is 0 Å². The molecule has 0 amide bonds. The van der Waals surface area contributed by atoms with Gasteiger partial charge in [-0.15, -0.1) is 0 Å². The maximum atomic E-state index is 9.33. The minimum Gasteiger partial charge on any atom is -0.508 e. The van der Waals surface area contributed by atoms with E-state index in [0.29, 0.717) is 17.8 Å². The second kappa shape index (κ2) is 6.38. The number of phenolic OH excluding ortho intramolecular Hbond substituents is 1. The van der Waals surface area contributed by atoms with Gasteiger partial charge in [-0.1, -0.05) is 19.1 Å². The number of rotatable bonds is 6. The minimum absolute atomic E-state index is 0.305. The molecule has 2 aromatic rings. The summed E-state index contributed by atoms with van der Waals surface area (Å²) >= 11 is 0. The predicted molar refractivity (Wildman–Crippen MR) is 76.0 cm³/mol. The Morgan fingerprint density at radius 3 is 2.63 bits per heavy atom. The molecule has 0 aliphatic heterocycles. The van der Waals surface area contributed by atoms with Gasteiger partial charge in [0.15, 0.2) is 0 Å². The van der Waals surface area contributed by atoms with Crippen LogP contribution in [0, 0.1) is 0 Å². The van der Waals surface area contributed by atoms with Gasteiger partial charge in [0.05, 0.1) is 6.33 Å². The first-order valence-electron chi connectivity index (χ1n) is 6.69. The van der Waals surface area contributed by atoms with Crippen LogP contribution < -0.4 is 5.32 Å². The Hall–Kier alpha value is -1.81. The van der Waals surface area contributed by atoms with Gasteiger partial charge in [0.25, 0.3) is 0 Å². The second-order valence-corrected chi connectivity index (χ2v) is 4.88. The molecule has 1 aromatic carbocycles. The van der Waals surface area contributed by atoms with E-state index >= 15 is 0 Å². The van der Waals surface area contributed by atoms with Crippen LogP contribution in [0.4, 0.5) is 0 Å². The van der Waals surface area contributed by atoms with E-state index in [9.17, 15) is 5.11 Å². The van der Waals surface area contributed by atoms with Crippen LogP contribution in [0.2, 0.25) is 0 Å². The molecule has 0 saturated carbocycles. The van der Waals surface area contributed by atoms with Crippen LogP contribution >= 0.6 is 0 Å². The summed E-state index contributed by atoms with van der Waals surface area (Å²) in [6.45, 7) is 5.23. The molecular weight excluding hydrogens is 238 g/mol. The molecule has 0 aliphatic rings. The number of phenols is 1. The van der Waals surface area contributed by atoms with E-state index in [0.717, 1.165) is 13.0 Å². The van der Waals surface area contributed by atoms with E-state index in [1.165, 1.54) is 5.56 Å². The number of hydrogen-bond donors (Lipinski definition) is 2. The van der Waals surface area contributed by atoms with Crippen molar-refractivity contribution in [3.8, 4) is 5.75 Å². The fourth-order valence-corrected chi connectivity index (χ4v) is 2.26. The number of aromatic hydroxyl groups is 1. The SMILES string of the molecule is CCC(NC(C)Cn1ccnc1)c1ccc(O)cc1. The van der Waals surface area contributed by atoms with Crippen LogP contribution in [-0.4, -0.2) is 20.7 Å². The Morgan fingerprint density at radius 1 is 1.32 bits per heavy atom. The van der Waals surface area contributed by atoms with Crippen molar-refractivity contribution in [3.63, 3.8) is 0 Å². The molecular formula is C15H21N3O.